The van der Waals surface area contributed by atoms with Gasteiger partial charge in [0.15, 0.2) is 0 Å². The summed E-state index contributed by atoms with van der Waals surface area (Å²) in [6, 6.07) is 0.278. The molecule has 1 fully saturated rings. The van der Waals surface area contributed by atoms with Crippen LogP contribution >= 0.6 is 0 Å². The van der Waals surface area contributed by atoms with Crippen LogP contribution in [-0.4, -0.2) is 48.8 Å². The SMILES string of the molecule is CCCNC(CO)CCN1CCCC(C)(C)C1. The van der Waals surface area contributed by atoms with E-state index in [1.165, 1.54) is 25.9 Å². The number of hydrogen-bond donors (Lipinski definition) is 2. The highest BCUT2D eigenvalue weighted by atomic mass is 16.3. The second-order valence-corrected chi connectivity index (χ2v) is 6.17. The maximum absolute atomic E-state index is 9.30. The number of piperidine rings is 1. The summed E-state index contributed by atoms with van der Waals surface area (Å²) in [5.74, 6) is 0. The summed E-state index contributed by atoms with van der Waals surface area (Å²) in [7, 11) is 0. The van der Waals surface area contributed by atoms with Crippen LogP contribution in [0.5, 0.6) is 0 Å². The van der Waals surface area contributed by atoms with Crippen LogP contribution in [-0.2, 0) is 0 Å². The quantitative estimate of drug-likeness (QED) is 0.715. The van der Waals surface area contributed by atoms with Crippen LogP contribution in [0.2, 0.25) is 0 Å². The Morgan fingerprint density at radius 2 is 2.18 bits per heavy atom. The molecule has 2 N–H and O–H groups in total. The van der Waals surface area contributed by atoms with Gasteiger partial charge in [-0.25, -0.2) is 0 Å². The molecule has 102 valence electrons. The first kappa shape index (κ1) is 14.9. The minimum Gasteiger partial charge on any atom is -0.395 e. The van der Waals surface area contributed by atoms with Gasteiger partial charge in [-0.1, -0.05) is 20.8 Å². The van der Waals surface area contributed by atoms with Gasteiger partial charge in [-0.3, -0.25) is 0 Å². The topological polar surface area (TPSA) is 35.5 Å². The average molecular weight is 242 g/mol. The third kappa shape index (κ3) is 5.84. The fourth-order valence-electron chi connectivity index (χ4n) is 2.68. The molecule has 0 aromatic carbocycles. The molecule has 0 amide bonds. The van der Waals surface area contributed by atoms with Gasteiger partial charge in [0, 0.05) is 12.6 Å². The summed E-state index contributed by atoms with van der Waals surface area (Å²) in [5, 5.41) is 12.7. The Morgan fingerprint density at radius 1 is 1.41 bits per heavy atom. The van der Waals surface area contributed by atoms with Crippen LogP contribution in [0, 0.1) is 5.41 Å². The van der Waals surface area contributed by atoms with Gasteiger partial charge in [-0.15, -0.1) is 0 Å². The van der Waals surface area contributed by atoms with Crippen molar-refractivity contribution in [2.24, 2.45) is 5.41 Å². The van der Waals surface area contributed by atoms with Crippen LogP contribution < -0.4 is 5.32 Å². The Balaban J connectivity index is 2.23. The first-order chi connectivity index (χ1) is 8.07. The molecular weight excluding hydrogens is 212 g/mol. The number of aliphatic hydroxyl groups excluding tert-OH is 1. The molecule has 1 heterocycles. The number of aliphatic hydroxyl groups is 1. The molecule has 0 aliphatic carbocycles. The van der Waals surface area contributed by atoms with E-state index in [2.05, 4.69) is 31.0 Å². The number of likely N-dealkylation sites (tertiary alicyclic amines) is 1. The molecule has 0 aromatic heterocycles. The van der Waals surface area contributed by atoms with Gasteiger partial charge in [-0.05, 0) is 50.7 Å². The van der Waals surface area contributed by atoms with E-state index in [0.29, 0.717) is 5.41 Å². The molecule has 0 aromatic rings. The first-order valence-corrected chi connectivity index (χ1v) is 7.14. The lowest BCUT2D eigenvalue weighted by molar-refractivity contribution is 0.109. The summed E-state index contributed by atoms with van der Waals surface area (Å²) >= 11 is 0. The zero-order valence-electron chi connectivity index (χ0n) is 11.8. The zero-order valence-corrected chi connectivity index (χ0v) is 11.8. The van der Waals surface area contributed by atoms with Gasteiger partial charge < -0.3 is 15.3 Å². The van der Waals surface area contributed by atoms with Gasteiger partial charge in [0.25, 0.3) is 0 Å². The van der Waals surface area contributed by atoms with Crippen LogP contribution in [0.15, 0.2) is 0 Å². The Kier molecular flexibility index (Phi) is 6.45. The van der Waals surface area contributed by atoms with E-state index in [1.54, 1.807) is 0 Å². The number of hydrogen-bond acceptors (Lipinski definition) is 3. The third-order valence-electron chi connectivity index (χ3n) is 3.68. The molecule has 1 saturated heterocycles. The van der Waals surface area contributed by atoms with Gasteiger partial charge >= 0.3 is 0 Å². The second kappa shape index (κ2) is 7.34. The largest absolute Gasteiger partial charge is 0.395 e. The highest BCUT2D eigenvalue weighted by Gasteiger charge is 2.26. The predicted molar refractivity (Wildman–Crippen MR) is 73.2 cm³/mol. The molecule has 1 aliphatic heterocycles. The summed E-state index contributed by atoms with van der Waals surface area (Å²) in [5.41, 5.74) is 0.476. The molecular formula is C14H30N2O. The van der Waals surface area contributed by atoms with Crippen molar-refractivity contribution in [1.29, 1.82) is 0 Å². The molecule has 0 radical (unpaired) electrons. The monoisotopic (exact) mass is 242 g/mol. The maximum Gasteiger partial charge on any atom is 0.0585 e. The van der Waals surface area contributed by atoms with Crippen molar-refractivity contribution >= 4 is 0 Å². The van der Waals surface area contributed by atoms with Crippen LogP contribution in [0.4, 0.5) is 0 Å². The smallest absolute Gasteiger partial charge is 0.0585 e. The number of rotatable bonds is 7. The van der Waals surface area contributed by atoms with E-state index in [4.69, 9.17) is 0 Å². The molecule has 3 nitrogen and oxygen atoms in total. The van der Waals surface area contributed by atoms with Crippen molar-refractivity contribution in [2.75, 3.05) is 32.8 Å². The van der Waals surface area contributed by atoms with Gasteiger partial charge in [0.05, 0.1) is 6.61 Å². The van der Waals surface area contributed by atoms with E-state index in [1.807, 2.05) is 0 Å². The predicted octanol–water partition coefficient (Wildman–Crippen LogP) is 1.86. The van der Waals surface area contributed by atoms with Crippen molar-refractivity contribution in [2.45, 2.75) is 52.5 Å². The van der Waals surface area contributed by atoms with E-state index < -0.39 is 0 Å². The van der Waals surface area contributed by atoms with E-state index >= 15 is 0 Å². The summed E-state index contributed by atoms with van der Waals surface area (Å²) in [4.78, 5) is 2.56. The molecule has 1 aliphatic rings. The summed E-state index contributed by atoms with van der Waals surface area (Å²) in [6.45, 7) is 11.7. The zero-order chi connectivity index (χ0) is 12.7. The fourth-order valence-corrected chi connectivity index (χ4v) is 2.68. The van der Waals surface area contributed by atoms with Crippen LogP contribution in [0.1, 0.15) is 46.5 Å². The Hall–Kier alpha value is -0.120. The maximum atomic E-state index is 9.30. The Morgan fingerprint density at radius 3 is 2.76 bits per heavy atom. The lowest BCUT2D eigenvalue weighted by Crippen LogP contribution is -2.43. The Labute approximate surface area is 107 Å². The molecule has 17 heavy (non-hydrogen) atoms. The second-order valence-electron chi connectivity index (χ2n) is 6.17. The van der Waals surface area contributed by atoms with E-state index in [9.17, 15) is 5.11 Å². The minimum atomic E-state index is 0.261. The van der Waals surface area contributed by atoms with Crippen molar-refractivity contribution in [3.63, 3.8) is 0 Å². The summed E-state index contributed by atoms with van der Waals surface area (Å²) in [6.07, 6.45) is 4.86. The summed E-state index contributed by atoms with van der Waals surface area (Å²) < 4.78 is 0. The lowest BCUT2D eigenvalue weighted by atomic mass is 9.84. The Bertz CT molecular complexity index is 206. The highest BCUT2D eigenvalue weighted by Crippen LogP contribution is 2.28. The average Bonchev–Trinajstić information content (AvgIpc) is 2.28. The van der Waals surface area contributed by atoms with Gasteiger partial charge in [0.2, 0.25) is 0 Å². The molecule has 1 atom stereocenters. The van der Waals surface area contributed by atoms with Crippen molar-refractivity contribution < 1.29 is 5.11 Å². The molecule has 0 spiro atoms. The molecule has 3 heteroatoms. The molecule has 1 rings (SSSR count). The van der Waals surface area contributed by atoms with Crippen molar-refractivity contribution in [1.82, 2.24) is 10.2 Å². The minimum absolute atomic E-state index is 0.261. The van der Waals surface area contributed by atoms with E-state index in [0.717, 1.165) is 25.9 Å². The number of nitrogens with one attached hydrogen (secondary N) is 1. The molecule has 0 saturated carbocycles. The third-order valence-corrected chi connectivity index (χ3v) is 3.68. The molecule has 1 unspecified atom stereocenters. The van der Waals surface area contributed by atoms with E-state index in [-0.39, 0.29) is 12.6 Å². The van der Waals surface area contributed by atoms with Crippen molar-refractivity contribution in [3.8, 4) is 0 Å². The normalized spacial score (nSPS) is 22.6. The first-order valence-electron chi connectivity index (χ1n) is 7.14. The molecule has 0 bridgehead atoms. The fraction of sp³-hybridized carbons (Fsp3) is 1.00. The standard InChI is InChI=1S/C14H30N2O/c1-4-8-15-13(11-17)6-10-16-9-5-7-14(2,3)12-16/h13,15,17H,4-12H2,1-3H3. The lowest BCUT2D eigenvalue weighted by Gasteiger charge is -2.38. The van der Waals surface area contributed by atoms with Crippen LogP contribution in [0.25, 0.3) is 0 Å². The van der Waals surface area contributed by atoms with Gasteiger partial charge in [0.1, 0.15) is 0 Å². The van der Waals surface area contributed by atoms with Gasteiger partial charge in [-0.2, -0.15) is 0 Å². The van der Waals surface area contributed by atoms with Crippen molar-refractivity contribution in [3.05, 3.63) is 0 Å². The number of nitrogens with zero attached hydrogens (tertiary/aromatic N) is 1. The highest BCUT2D eigenvalue weighted by molar-refractivity contribution is 4.80. The van der Waals surface area contributed by atoms with Crippen LogP contribution in [0.3, 0.4) is 0 Å².